The Morgan fingerprint density at radius 1 is 1.30 bits per heavy atom. The van der Waals surface area contributed by atoms with E-state index >= 15 is 0 Å². The average molecular weight is 360 g/mol. The zero-order valence-corrected chi connectivity index (χ0v) is 12.3. The van der Waals surface area contributed by atoms with E-state index in [-0.39, 0.29) is 10.9 Å². The summed E-state index contributed by atoms with van der Waals surface area (Å²) in [7, 11) is 0. The molecule has 4 nitrogen and oxygen atoms in total. The first kappa shape index (κ1) is 14.6. The second-order valence-electron chi connectivity index (χ2n) is 3.80. The Balaban J connectivity index is 2.31. The lowest BCUT2D eigenvalue weighted by Gasteiger charge is -2.09. The fraction of sp³-hybridized carbons (Fsp3) is 0. The first-order valence-corrected chi connectivity index (χ1v) is 6.58. The number of hydrogen-bond donors (Lipinski definition) is 2. The van der Waals surface area contributed by atoms with Gasteiger partial charge >= 0.3 is 0 Å². The molecular formula is C13H9BrClFN2O2. The monoisotopic (exact) mass is 358 g/mol. The molecule has 0 heterocycles. The molecule has 0 saturated carbocycles. The fourth-order valence-electron chi connectivity index (χ4n) is 1.50. The summed E-state index contributed by atoms with van der Waals surface area (Å²) < 4.78 is 19.3. The van der Waals surface area contributed by atoms with Gasteiger partial charge in [-0.25, -0.2) is 4.39 Å². The van der Waals surface area contributed by atoms with Crippen molar-refractivity contribution in [2.45, 2.75) is 0 Å². The molecule has 0 aromatic heterocycles. The standard InChI is InChI=1S/C13H9BrClFN2O2/c14-10-4-1-7(16)5-12(10)20-8-2-3-9(11(15)6-8)13(17)18-19/h1-6,19H,(H2,17,18). The predicted octanol–water partition coefficient (Wildman–Crippen LogP) is 4.13. The number of ether oxygens (including phenoxy) is 1. The number of benzene rings is 2. The van der Waals surface area contributed by atoms with E-state index < -0.39 is 5.82 Å². The van der Waals surface area contributed by atoms with E-state index in [0.29, 0.717) is 21.5 Å². The van der Waals surface area contributed by atoms with Gasteiger partial charge in [0.1, 0.15) is 17.3 Å². The first-order valence-electron chi connectivity index (χ1n) is 5.41. The van der Waals surface area contributed by atoms with Gasteiger partial charge in [-0.2, -0.15) is 0 Å². The number of hydrogen-bond acceptors (Lipinski definition) is 3. The topological polar surface area (TPSA) is 67.8 Å². The lowest BCUT2D eigenvalue weighted by atomic mass is 10.2. The van der Waals surface area contributed by atoms with E-state index in [1.165, 1.54) is 24.3 Å². The molecule has 104 valence electrons. The molecule has 2 aromatic rings. The molecule has 0 saturated heterocycles. The van der Waals surface area contributed by atoms with Crippen LogP contribution in [0.5, 0.6) is 11.5 Å². The molecule has 0 atom stereocenters. The maximum Gasteiger partial charge on any atom is 0.171 e. The summed E-state index contributed by atoms with van der Waals surface area (Å²) in [4.78, 5) is 0. The van der Waals surface area contributed by atoms with Crippen molar-refractivity contribution in [3.63, 3.8) is 0 Å². The van der Waals surface area contributed by atoms with E-state index in [1.807, 2.05) is 0 Å². The minimum atomic E-state index is -0.414. The van der Waals surface area contributed by atoms with Gasteiger partial charge in [0.15, 0.2) is 5.84 Å². The highest BCUT2D eigenvalue weighted by Gasteiger charge is 2.09. The molecule has 20 heavy (non-hydrogen) atoms. The molecule has 2 aromatic carbocycles. The summed E-state index contributed by atoms with van der Waals surface area (Å²) in [6.07, 6.45) is 0. The highest BCUT2D eigenvalue weighted by atomic mass is 79.9. The van der Waals surface area contributed by atoms with Gasteiger partial charge < -0.3 is 15.7 Å². The minimum Gasteiger partial charge on any atom is -0.456 e. The van der Waals surface area contributed by atoms with Gasteiger partial charge in [-0.15, -0.1) is 0 Å². The van der Waals surface area contributed by atoms with Crippen LogP contribution in [0.3, 0.4) is 0 Å². The van der Waals surface area contributed by atoms with E-state index in [9.17, 15) is 4.39 Å². The average Bonchev–Trinajstić information content (AvgIpc) is 2.42. The summed E-state index contributed by atoms with van der Waals surface area (Å²) >= 11 is 9.26. The van der Waals surface area contributed by atoms with Gasteiger partial charge in [0.25, 0.3) is 0 Å². The van der Waals surface area contributed by atoms with E-state index in [4.69, 9.17) is 27.3 Å². The van der Waals surface area contributed by atoms with Crippen LogP contribution >= 0.6 is 27.5 Å². The van der Waals surface area contributed by atoms with Crippen LogP contribution in [-0.2, 0) is 0 Å². The number of halogens is 3. The molecule has 0 fully saturated rings. The zero-order chi connectivity index (χ0) is 14.7. The molecule has 0 spiro atoms. The van der Waals surface area contributed by atoms with Crippen LogP contribution in [-0.4, -0.2) is 11.0 Å². The summed E-state index contributed by atoms with van der Waals surface area (Å²) in [5.41, 5.74) is 5.83. The van der Waals surface area contributed by atoms with Crippen molar-refractivity contribution in [3.05, 3.63) is 57.3 Å². The number of rotatable bonds is 3. The van der Waals surface area contributed by atoms with Crippen LogP contribution in [0.1, 0.15) is 5.56 Å². The molecule has 0 bridgehead atoms. The Morgan fingerprint density at radius 2 is 2.05 bits per heavy atom. The van der Waals surface area contributed by atoms with Crippen LogP contribution in [0.15, 0.2) is 46.0 Å². The largest absolute Gasteiger partial charge is 0.456 e. The maximum absolute atomic E-state index is 13.2. The Morgan fingerprint density at radius 3 is 2.70 bits per heavy atom. The highest BCUT2D eigenvalue weighted by molar-refractivity contribution is 9.10. The molecule has 3 N–H and O–H groups in total. The van der Waals surface area contributed by atoms with Crippen LogP contribution in [0.4, 0.5) is 4.39 Å². The first-order chi connectivity index (χ1) is 9.51. The lowest BCUT2D eigenvalue weighted by molar-refractivity contribution is 0.318. The molecule has 0 aliphatic rings. The highest BCUT2D eigenvalue weighted by Crippen LogP contribution is 2.32. The van der Waals surface area contributed by atoms with Gasteiger partial charge in [0.2, 0.25) is 0 Å². The van der Waals surface area contributed by atoms with Crippen molar-refractivity contribution in [2.24, 2.45) is 10.9 Å². The second-order valence-corrected chi connectivity index (χ2v) is 5.07. The SMILES string of the molecule is N/C(=N/O)c1ccc(Oc2cc(F)ccc2Br)cc1Cl. The summed E-state index contributed by atoms with van der Waals surface area (Å²) in [5, 5.41) is 11.7. The van der Waals surface area contributed by atoms with Crippen LogP contribution in [0.2, 0.25) is 5.02 Å². The van der Waals surface area contributed by atoms with Gasteiger partial charge in [-0.3, -0.25) is 0 Å². The maximum atomic E-state index is 13.2. The molecule has 0 amide bonds. The molecule has 2 rings (SSSR count). The van der Waals surface area contributed by atoms with Crippen molar-refractivity contribution < 1.29 is 14.3 Å². The molecule has 0 aliphatic carbocycles. The number of amidine groups is 1. The number of oxime groups is 1. The van der Waals surface area contributed by atoms with Crippen molar-refractivity contribution in [3.8, 4) is 11.5 Å². The summed E-state index contributed by atoms with van der Waals surface area (Å²) in [6, 6.07) is 8.71. The van der Waals surface area contributed by atoms with Crippen molar-refractivity contribution >= 4 is 33.4 Å². The fourth-order valence-corrected chi connectivity index (χ4v) is 2.10. The van der Waals surface area contributed by atoms with E-state index in [1.54, 1.807) is 12.1 Å². The Bertz CT molecular complexity index is 679. The number of nitrogens with zero attached hydrogens (tertiary/aromatic N) is 1. The quantitative estimate of drug-likeness (QED) is 0.375. The molecule has 0 aliphatic heterocycles. The third-order valence-electron chi connectivity index (χ3n) is 2.45. The minimum absolute atomic E-state index is 0.103. The van der Waals surface area contributed by atoms with E-state index in [0.717, 1.165) is 0 Å². The number of nitrogens with two attached hydrogens (primary N) is 1. The summed E-state index contributed by atoms with van der Waals surface area (Å²) in [5.74, 6) is 0.199. The zero-order valence-electron chi connectivity index (χ0n) is 9.98. The third-order valence-corrected chi connectivity index (χ3v) is 3.41. The lowest BCUT2D eigenvalue weighted by Crippen LogP contribution is -2.13. The Kier molecular flexibility index (Phi) is 4.46. The van der Waals surface area contributed by atoms with Gasteiger partial charge in [0.05, 0.1) is 9.50 Å². The van der Waals surface area contributed by atoms with Crippen molar-refractivity contribution in [2.75, 3.05) is 0 Å². The second kappa shape index (κ2) is 6.11. The van der Waals surface area contributed by atoms with Gasteiger partial charge in [-0.1, -0.05) is 16.8 Å². The van der Waals surface area contributed by atoms with Gasteiger partial charge in [-0.05, 0) is 40.2 Å². The van der Waals surface area contributed by atoms with Crippen LogP contribution < -0.4 is 10.5 Å². The van der Waals surface area contributed by atoms with Crippen LogP contribution in [0, 0.1) is 5.82 Å². The molecule has 0 radical (unpaired) electrons. The normalized spacial score (nSPS) is 11.4. The Labute approximate surface area is 127 Å². The predicted molar refractivity (Wildman–Crippen MR) is 78.1 cm³/mol. The Hall–Kier alpha value is -1.79. The van der Waals surface area contributed by atoms with Crippen molar-refractivity contribution in [1.29, 1.82) is 0 Å². The molecular weight excluding hydrogens is 351 g/mol. The van der Waals surface area contributed by atoms with Crippen molar-refractivity contribution in [1.82, 2.24) is 0 Å². The van der Waals surface area contributed by atoms with Crippen LogP contribution in [0.25, 0.3) is 0 Å². The summed E-state index contributed by atoms with van der Waals surface area (Å²) in [6.45, 7) is 0. The smallest absolute Gasteiger partial charge is 0.171 e. The molecule has 0 unspecified atom stereocenters. The molecule has 7 heteroatoms. The van der Waals surface area contributed by atoms with E-state index in [2.05, 4.69) is 21.1 Å². The van der Waals surface area contributed by atoms with Gasteiger partial charge in [0, 0.05) is 17.7 Å². The third kappa shape index (κ3) is 3.20.